The number of hydrogen-bond donors (Lipinski definition) is 1. The Kier molecular flexibility index (Phi) is 12.7. The number of allylic oxidation sites excluding steroid dienone is 1. The highest BCUT2D eigenvalue weighted by Gasteiger charge is 2.65. The molecule has 6 atom stereocenters. The molecule has 0 bridgehead atoms. The van der Waals surface area contributed by atoms with Crippen LogP contribution in [0.2, 0.25) is 5.02 Å². The Morgan fingerprint density at radius 1 is 1.00 bits per heavy atom. The third-order valence-electron chi connectivity index (χ3n) is 12.9. The summed E-state index contributed by atoms with van der Waals surface area (Å²) in [6.45, 7) is 2.16. The lowest BCUT2D eigenvalue weighted by Gasteiger charge is -2.30. The Bertz CT molecular complexity index is 2370. The van der Waals surface area contributed by atoms with Gasteiger partial charge in [0.2, 0.25) is 13.3 Å². The van der Waals surface area contributed by atoms with Crippen LogP contribution in [0.5, 0.6) is 5.75 Å². The molecule has 2 aliphatic heterocycles. The summed E-state index contributed by atoms with van der Waals surface area (Å²) in [6.07, 6.45) is 5.86. The lowest BCUT2D eigenvalue weighted by molar-refractivity contribution is -0.154. The Morgan fingerprint density at radius 2 is 1.74 bits per heavy atom. The van der Waals surface area contributed by atoms with E-state index in [0.717, 1.165) is 48.9 Å². The smallest absolute Gasteiger partial charge is 0.306 e. The predicted molar refractivity (Wildman–Crippen MR) is 227 cm³/mol. The Hall–Kier alpha value is -4.64. The molecule has 3 heterocycles. The van der Waals surface area contributed by atoms with Gasteiger partial charge in [-0.3, -0.25) is 18.9 Å². The van der Waals surface area contributed by atoms with Crippen LogP contribution in [-0.2, 0) is 34.6 Å². The van der Waals surface area contributed by atoms with Gasteiger partial charge >= 0.3 is 5.97 Å². The number of ether oxygens (including phenoxy) is 3. The molecular formula is C47H50ClF2N2O8P. The van der Waals surface area contributed by atoms with Crippen molar-refractivity contribution >= 4 is 47.5 Å². The first-order valence-electron chi connectivity index (χ1n) is 21.2. The number of aryl methyl sites for hydroxylation is 1. The van der Waals surface area contributed by atoms with E-state index in [-0.39, 0.29) is 38.5 Å². The van der Waals surface area contributed by atoms with Gasteiger partial charge in [-0.2, -0.15) is 0 Å². The molecular weight excluding hydrogens is 825 g/mol. The second-order valence-electron chi connectivity index (χ2n) is 17.1. The minimum Gasteiger partial charge on any atom is -0.502 e. The normalized spacial score (nSPS) is 26.3. The lowest BCUT2D eigenvalue weighted by atomic mass is 9.95. The fourth-order valence-electron chi connectivity index (χ4n) is 9.35. The molecule has 2 aliphatic carbocycles. The fourth-order valence-corrected chi connectivity index (χ4v) is 12.1. The van der Waals surface area contributed by atoms with E-state index >= 15 is 0 Å². The monoisotopic (exact) mass is 874 g/mol. The summed E-state index contributed by atoms with van der Waals surface area (Å²) in [5, 5.41) is -0.457. The fraction of sp³-hybridized carbons (Fsp3) is 0.447. The number of pyridine rings is 1. The van der Waals surface area contributed by atoms with Crippen molar-refractivity contribution in [1.29, 1.82) is 0 Å². The number of ketones is 1. The van der Waals surface area contributed by atoms with E-state index in [1.165, 1.54) is 17.2 Å². The minimum atomic E-state index is -4.51. The number of Topliss-reactive ketones (excluding diaryl/α,β-unsaturated/α-hetero) is 1. The molecule has 14 heteroatoms. The van der Waals surface area contributed by atoms with E-state index in [9.17, 15) is 32.6 Å². The zero-order valence-corrected chi connectivity index (χ0v) is 35.7. The maximum atomic E-state index is 14.9. The minimum absolute atomic E-state index is 0.00976. The van der Waals surface area contributed by atoms with Crippen LogP contribution in [0, 0.1) is 30.4 Å². The number of rotatable bonds is 9. The molecule has 10 nitrogen and oxygen atoms in total. The first-order valence-corrected chi connectivity index (χ1v) is 23.4. The van der Waals surface area contributed by atoms with Crippen molar-refractivity contribution in [2.45, 2.75) is 107 Å². The standard InChI is InChI=1S/C47H50ClF2N2O8P/c1-29-17-18-35-42(24-39(51-45(35)44(29)48)30-10-3-2-4-11-30)59-34-23-40-41(53)26-47(61(56,57)28-36-37(49)15-9-16-38(36)50)25-32(47)19-21-58-20-8-7-12-31(46(55)52(40)27-34)22-43(54)60-33-13-5-6-14-33/h2-4,9-11,15-19,21,24,31-34,40H,5-8,12-14,20,22-23,25-28H2,1H3,(H,56,57)/b21-19-/t31-,32+,34-,40+,47-/m1/s1. The van der Waals surface area contributed by atoms with Gasteiger partial charge in [0, 0.05) is 41.3 Å². The van der Waals surface area contributed by atoms with Gasteiger partial charge in [-0.15, -0.1) is 0 Å². The molecule has 3 aromatic carbocycles. The Balaban J connectivity index is 1.14. The zero-order valence-electron chi connectivity index (χ0n) is 34.1. The summed E-state index contributed by atoms with van der Waals surface area (Å²) in [6, 6.07) is 17.2. The number of halogens is 3. The molecule has 0 spiro atoms. The van der Waals surface area contributed by atoms with Crippen LogP contribution < -0.4 is 4.74 Å². The number of carbonyl (C=O) groups is 3. The van der Waals surface area contributed by atoms with Crippen LogP contribution in [0.1, 0.15) is 81.8 Å². The molecule has 61 heavy (non-hydrogen) atoms. The summed E-state index contributed by atoms with van der Waals surface area (Å²) in [4.78, 5) is 61.2. The molecule has 1 unspecified atom stereocenters. The summed E-state index contributed by atoms with van der Waals surface area (Å²) < 4.78 is 62.6. The van der Waals surface area contributed by atoms with Crippen molar-refractivity contribution in [2.75, 3.05) is 13.2 Å². The van der Waals surface area contributed by atoms with Gasteiger partial charge in [-0.25, -0.2) is 13.8 Å². The number of benzene rings is 3. The van der Waals surface area contributed by atoms with Crippen LogP contribution in [-0.4, -0.2) is 69.0 Å². The van der Waals surface area contributed by atoms with Crippen LogP contribution in [0.3, 0.4) is 0 Å². The molecule has 322 valence electrons. The maximum Gasteiger partial charge on any atom is 0.306 e. The molecule has 8 rings (SSSR count). The Morgan fingerprint density at radius 3 is 2.49 bits per heavy atom. The molecule has 1 aromatic heterocycles. The van der Waals surface area contributed by atoms with Gasteiger partial charge in [0.05, 0.1) is 59.4 Å². The number of nitrogens with zero attached hydrogens (tertiary/aromatic N) is 2. The Labute approximate surface area is 359 Å². The van der Waals surface area contributed by atoms with Gasteiger partial charge in [-0.05, 0) is 94.0 Å². The molecule has 1 saturated heterocycles. The van der Waals surface area contributed by atoms with Crippen LogP contribution >= 0.6 is 19.0 Å². The molecule has 1 N–H and O–H groups in total. The summed E-state index contributed by atoms with van der Waals surface area (Å²) in [7, 11) is -4.51. The number of hydrogen-bond acceptors (Lipinski definition) is 8. The van der Waals surface area contributed by atoms with E-state index in [1.807, 2.05) is 55.5 Å². The molecule has 1 amide bonds. The van der Waals surface area contributed by atoms with Crippen molar-refractivity contribution < 1.29 is 46.8 Å². The van der Waals surface area contributed by atoms with Crippen molar-refractivity contribution in [3.05, 3.63) is 107 Å². The number of carbonyl (C=O) groups excluding carboxylic acids is 3. The second-order valence-corrected chi connectivity index (χ2v) is 20.0. The largest absolute Gasteiger partial charge is 0.502 e. The maximum absolute atomic E-state index is 14.9. The van der Waals surface area contributed by atoms with Gasteiger partial charge in [0.25, 0.3) is 0 Å². The number of amides is 1. The van der Waals surface area contributed by atoms with Gasteiger partial charge in [0.1, 0.15) is 29.6 Å². The van der Waals surface area contributed by atoms with E-state index in [4.69, 9.17) is 30.8 Å². The second kappa shape index (κ2) is 18.0. The summed E-state index contributed by atoms with van der Waals surface area (Å²) >= 11 is 6.83. The van der Waals surface area contributed by atoms with E-state index in [2.05, 4.69) is 0 Å². The van der Waals surface area contributed by atoms with Gasteiger partial charge in [0.15, 0.2) is 5.78 Å². The summed E-state index contributed by atoms with van der Waals surface area (Å²) in [5.41, 5.74) is 2.27. The molecule has 4 aliphatic rings. The van der Waals surface area contributed by atoms with Crippen molar-refractivity contribution in [2.24, 2.45) is 11.8 Å². The van der Waals surface area contributed by atoms with Crippen LogP contribution in [0.4, 0.5) is 8.78 Å². The van der Waals surface area contributed by atoms with E-state index in [0.29, 0.717) is 46.6 Å². The molecule has 2 saturated carbocycles. The number of aromatic nitrogens is 1. The predicted octanol–water partition coefficient (Wildman–Crippen LogP) is 9.88. The number of esters is 1. The average molecular weight is 875 g/mol. The van der Waals surface area contributed by atoms with Crippen molar-refractivity contribution in [3.63, 3.8) is 0 Å². The lowest BCUT2D eigenvalue weighted by Crippen LogP contribution is -2.45. The van der Waals surface area contributed by atoms with Crippen molar-refractivity contribution in [1.82, 2.24) is 9.88 Å². The zero-order chi connectivity index (χ0) is 42.9. The van der Waals surface area contributed by atoms with Crippen molar-refractivity contribution in [3.8, 4) is 17.0 Å². The third-order valence-corrected chi connectivity index (χ3v) is 16.2. The highest BCUT2D eigenvalue weighted by atomic mass is 35.5. The highest BCUT2D eigenvalue weighted by molar-refractivity contribution is 7.59. The summed E-state index contributed by atoms with van der Waals surface area (Å²) in [5.74, 6) is -4.23. The average Bonchev–Trinajstić information content (AvgIpc) is 3.50. The van der Waals surface area contributed by atoms with Crippen LogP contribution in [0.25, 0.3) is 22.2 Å². The molecule has 4 aromatic rings. The first-order chi connectivity index (χ1) is 29.3. The quantitative estimate of drug-likeness (QED) is 0.129. The SMILES string of the molecule is Cc1ccc2c(O[C@@H]3C[C@H]4C(=O)C[C@]5(P(=O)(O)Cc6c(F)cccc6F)C[C@@H]5/C=C\OCCCC[C@H](CC(=O)OC5CCCC5)C(=O)N4C3)cc(-c3ccccc3)nc2c1Cl. The first kappa shape index (κ1) is 43.0. The third kappa shape index (κ3) is 9.13. The van der Waals surface area contributed by atoms with Gasteiger partial charge in [-0.1, -0.05) is 54.1 Å². The van der Waals surface area contributed by atoms with Gasteiger partial charge < -0.3 is 24.0 Å². The van der Waals surface area contributed by atoms with E-state index < -0.39 is 83.9 Å². The molecule has 0 radical (unpaired) electrons. The van der Waals surface area contributed by atoms with E-state index in [1.54, 1.807) is 6.08 Å². The number of fused-ring (bicyclic) bond motifs is 3. The molecule has 3 fully saturated rings. The highest BCUT2D eigenvalue weighted by Crippen LogP contribution is 2.74. The van der Waals surface area contributed by atoms with Crippen LogP contribution in [0.15, 0.2) is 79.1 Å². The topological polar surface area (TPSA) is 132 Å².